The number of nitrogens with zero attached hydrogens (tertiary/aromatic N) is 3. The second-order valence-electron chi connectivity index (χ2n) is 5.79. The first-order valence-corrected chi connectivity index (χ1v) is 8.65. The molecule has 0 unspecified atom stereocenters. The predicted molar refractivity (Wildman–Crippen MR) is 101 cm³/mol. The lowest BCUT2D eigenvalue weighted by atomic mass is 10.2. The highest BCUT2D eigenvalue weighted by Crippen LogP contribution is 2.27. The van der Waals surface area contributed by atoms with Gasteiger partial charge in [-0.15, -0.1) is 0 Å². The van der Waals surface area contributed by atoms with E-state index in [1.54, 1.807) is 13.8 Å². The van der Waals surface area contributed by atoms with Crippen LogP contribution < -0.4 is 11.2 Å². The second-order valence-corrected chi connectivity index (χ2v) is 6.95. The molecule has 0 atom stereocenters. The molecule has 140 valence electrons. The quantitative estimate of drug-likeness (QED) is 0.491. The normalized spacial score (nSPS) is 10.9. The summed E-state index contributed by atoms with van der Waals surface area (Å²) < 4.78 is 13.5. The molecule has 0 saturated heterocycles. The number of rotatable bonds is 3. The molecule has 0 radical (unpaired) electrons. The second kappa shape index (κ2) is 7.48. The first-order valence-electron chi connectivity index (χ1n) is 7.57. The Balaban J connectivity index is 2.88. The van der Waals surface area contributed by atoms with Gasteiger partial charge in [0.2, 0.25) is 0 Å². The Bertz CT molecular complexity index is 999. The SMILES string of the molecule is COC(=O)c1cc(I)c(-c2cn(C)c(=O)n(C)c2=O)n1C(=O)OC(C)C. The molecule has 0 aliphatic rings. The van der Waals surface area contributed by atoms with E-state index in [1.165, 1.54) is 38.0 Å². The van der Waals surface area contributed by atoms with Gasteiger partial charge in [-0.2, -0.15) is 0 Å². The summed E-state index contributed by atoms with van der Waals surface area (Å²) in [5, 5.41) is 0. The summed E-state index contributed by atoms with van der Waals surface area (Å²) in [7, 11) is 4.01. The van der Waals surface area contributed by atoms with Crippen molar-refractivity contribution in [2.24, 2.45) is 14.1 Å². The molecule has 0 spiro atoms. The van der Waals surface area contributed by atoms with Crippen molar-refractivity contribution in [1.82, 2.24) is 13.7 Å². The molecule has 0 bridgehead atoms. The maximum Gasteiger partial charge on any atom is 0.419 e. The van der Waals surface area contributed by atoms with Crippen molar-refractivity contribution in [2.75, 3.05) is 7.11 Å². The molecule has 9 nitrogen and oxygen atoms in total. The lowest BCUT2D eigenvalue weighted by Gasteiger charge is -2.14. The van der Waals surface area contributed by atoms with Gasteiger partial charge in [0.15, 0.2) is 0 Å². The van der Waals surface area contributed by atoms with Gasteiger partial charge in [-0.3, -0.25) is 9.36 Å². The van der Waals surface area contributed by atoms with Crippen LogP contribution in [0.2, 0.25) is 0 Å². The smallest absolute Gasteiger partial charge is 0.419 e. The van der Waals surface area contributed by atoms with Crippen molar-refractivity contribution in [3.05, 3.63) is 42.4 Å². The van der Waals surface area contributed by atoms with Crippen molar-refractivity contribution in [1.29, 1.82) is 0 Å². The molecule has 0 aliphatic heterocycles. The number of esters is 1. The van der Waals surface area contributed by atoms with Crippen LogP contribution in [0.5, 0.6) is 0 Å². The molecule has 2 aromatic rings. The highest BCUT2D eigenvalue weighted by Gasteiger charge is 2.28. The summed E-state index contributed by atoms with van der Waals surface area (Å²) >= 11 is 1.90. The Morgan fingerprint density at radius 1 is 1.19 bits per heavy atom. The predicted octanol–water partition coefficient (Wildman–Crippen LogP) is 1.34. The Hall–Kier alpha value is -2.37. The highest BCUT2D eigenvalue weighted by atomic mass is 127. The number of halogens is 1. The van der Waals surface area contributed by atoms with E-state index in [0.29, 0.717) is 3.57 Å². The van der Waals surface area contributed by atoms with Gasteiger partial charge in [-0.05, 0) is 42.5 Å². The van der Waals surface area contributed by atoms with Gasteiger partial charge in [0, 0.05) is 23.9 Å². The molecule has 0 fully saturated rings. The number of hydrogen-bond acceptors (Lipinski definition) is 6. The van der Waals surface area contributed by atoms with Crippen molar-refractivity contribution in [2.45, 2.75) is 20.0 Å². The lowest BCUT2D eigenvalue weighted by molar-refractivity contribution is 0.0582. The third-order valence-corrected chi connectivity index (χ3v) is 4.39. The van der Waals surface area contributed by atoms with Crippen LogP contribution in [0.4, 0.5) is 4.79 Å². The molecule has 0 amide bonds. The summed E-state index contributed by atoms with van der Waals surface area (Å²) in [6, 6.07) is 1.42. The van der Waals surface area contributed by atoms with E-state index in [9.17, 15) is 19.2 Å². The summed E-state index contributed by atoms with van der Waals surface area (Å²) in [4.78, 5) is 49.2. The van der Waals surface area contributed by atoms with Crippen LogP contribution in [0.1, 0.15) is 24.3 Å². The fourth-order valence-corrected chi connectivity index (χ4v) is 3.23. The standard InChI is InChI=1S/C16H18IN3O6/c1-8(2)26-16(24)20-11(14(22)25-5)6-10(17)12(20)9-7-18(3)15(23)19(4)13(9)21/h6-8H,1-5H3. The molecule has 2 rings (SSSR count). The molecule has 0 aromatic carbocycles. The van der Waals surface area contributed by atoms with E-state index < -0.39 is 29.4 Å². The Morgan fingerprint density at radius 3 is 2.35 bits per heavy atom. The monoisotopic (exact) mass is 475 g/mol. The van der Waals surface area contributed by atoms with Crippen LogP contribution in [0.3, 0.4) is 0 Å². The minimum atomic E-state index is -0.825. The topological polar surface area (TPSA) is 102 Å². The Kier molecular flexibility index (Phi) is 5.74. The molecule has 2 aromatic heterocycles. The van der Waals surface area contributed by atoms with Crippen LogP contribution in [0.15, 0.2) is 21.9 Å². The van der Waals surface area contributed by atoms with Crippen LogP contribution in [0.25, 0.3) is 11.3 Å². The maximum absolute atomic E-state index is 12.6. The van der Waals surface area contributed by atoms with Crippen LogP contribution in [-0.4, -0.2) is 39.0 Å². The number of hydrogen-bond donors (Lipinski definition) is 0. The van der Waals surface area contributed by atoms with Gasteiger partial charge in [-0.1, -0.05) is 0 Å². The summed E-state index contributed by atoms with van der Waals surface area (Å²) in [5.74, 6) is -0.753. The number of aryl methyl sites for hydroxylation is 1. The number of methoxy groups -OCH3 is 1. The molecule has 0 aliphatic carbocycles. The number of aromatic nitrogens is 3. The summed E-state index contributed by atoms with van der Waals surface area (Å²) in [5.41, 5.74) is -0.944. The molecule has 0 saturated carbocycles. The lowest BCUT2D eigenvalue weighted by Crippen LogP contribution is -2.38. The molecular formula is C16H18IN3O6. The molecule has 26 heavy (non-hydrogen) atoms. The molecular weight excluding hydrogens is 457 g/mol. The molecule has 2 heterocycles. The van der Waals surface area contributed by atoms with E-state index in [4.69, 9.17) is 9.47 Å². The highest BCUT2D eigenvalue weighted by molar-refractivity contribution is 14.1. The van der Waals surface area contributed by atoms with Crippen LogP contribution in [-0.2, 0) is 23.6 Å². The van der Waals surface area contributed by atoms with E-state index in [2.05, 4.69) is 0 Å². The third kappa shape index (κ3) is 3.45. The zero-order valence-electron chi connectivity index (χ0n) is 14.9. The van der Waals surface area contributed by atoms with E-state index in [-0.39, 0.29) is 17.0 Å². The van der Waals surface area contributed by atoms with E-state index >= 15 is 0 Å². The van der Waals surface area contributed by atoms with Gasteiger partial charge < -0.3 is 14.0 Å². The Morgan fingerprint density at radius 2 is 1.81 bits per heavy atom. The summed E-state index contributed by atoms with van der Waals surface area (Å²) in [6.45, 7) is 3.32. The zero-order valence-corrected chi connectivity index (χ0v) is 17.1. The van der Waals surface area contributed by atoms with Gasteiger partial charge in [-0.25, -0.2) is 19.0 Å². The zero-order chi connectivity index (χ0) is 19.8. The van der Waals surface area contributed by atoms with Crippen LogP contribution >= 0.6 is 22.6 Å². The minimum absolute atomic E-state index is 0.0755. The third-order valence-electron chi connectivity index (χ3n) is 3.57. The van der Waals surface area contributed by atoms with Crippen LogP contribution in [0, 0.1) is 3.57 Å². The van der Waals surface area contributed by atoms with Crippen molar-refractivity contribution in [3.8, 4) is 11.3 Å². The Labute approximate surface area is 162 Å². The van der Waals surface area contributed by atoms with Gasteiger partial charge in [0.1, 0.15) is 5.69 Å². The maximum atomic E-state index is 12.6. The van der Waals surface area contributed by atoms with E-state index in [0.717, 1.165) is 9.13 Å². The number of carbonyl (C=O) groups excluding carboxylic acids is 2. The fourth-order valence-electron chi connectivity index (χ4n) is 2.40. The van der Waals surface area contributed by atoms with Gasteiger partial charge in [0.25, 0.3) is 5.56 Å². The molecule has 10 heteroatoms. The average molecular weight is 475 g/mol. The largest absolute Gasteiger partial charge is 0.464 e. The van der Waals surface area contributed by atoms with Crippen molar-refractivity contribution in [3.63, 3.8) is 0 Å². The van der Waals surface area contributed by atoms with Gasteiger partial charge in [0.05, 0.1) is 24.5 Å². The van der Waals surface area contributed by atoms with Gasteiger partial charge >= 0.3 is 17.8 Å². The minimum Gasteiger partial charge on any atom is -0.464 e. The first-order chi connectivity index (χ1) is 12.1. The van der Waals surface area contributed by atoms with E-state index in [1.807, 2.05) is 22.6 Å². The molecule has 0 N–H and O–H groups in total. The summed E-state index contributed by atoms with van der Waals surface area (Å²) in [6.07, 6.45) is 0.0561. The number of carbonyl (C=O) groups is 2. The number of ether oxygens (including phenoxy) is 2. The van der Waals surface area contributed by atoms with Crippen molar-refractivity contribution < 1.29 is 19.1 Å². The van der Waals surface area contributed by atoms with Crippen molar-refractivity contribution >= 4 is 34.7 Å². The first kappa shape index (κ1) is 19.9. The average Bonchev–Trinajstić information content (AvgIpc) is 2.92. The fraction of sp³-hybridized carbons (Fsp3) is 0.375.